The van der Waals surface area contributed by atoms with Crippen molar-refractivity contribution in [1.29, 1.82) is 0 Å². The summed E-state index contributed by atoms with van der Waals surface area (Å²) in [5, 5.41) is 5.95. The molecule has 1 N–H and O–H groups in total. The number of nitrogens with one attached hydrogen (secondary N) is 1. The van der Waals surface area contributed by atoms with Crippen LogP contribution in [0, 0.1) is 6.92 Å². The molecule has 0 saturated heterocycles. The van der Waals surface area contributed by atoms with Gasteiger partial charge in [-0.15, -0.1) is 11.3 Å². The highest BCUT2D eigenvalue weighted by Crippen LogP contribution is 2.36. The van der Waals surface area contributed by atoms with Gasteiger partial charge in [0, 0.05) is 22.4 Å². The van der Waals surface area contributed by atoms with E-state index in [4.69, 9.17) is 16.3 Å². The first-order valence-electron chi connectivity index (χ1n) is 9.38. The van der Waals surface area contributed by atoms with E-state index >= 15 is 0 Å². The van der Waals surface area contributed by atoms with E-state index in [-0.39, 0.29) is 12.5 Å². The number of benzene rings is 2. The van der Waals surface area contributed by atoms with Gasteiger partial charge in [-0.3, -0.25) is 4.79 Å². The molecule has 0 aliphatic heterocycles. The molecule has 0 aliphatic rings. The molecule has 1 aromatic heterocycles. The van der Waals surface area contributed by atoms with Crippen LogP contribution in [-0.4, -0.2) is 18.5 Å². The van der Waals surface area contributed by atoms with Crippen LogP contribution >= 0.6 is 22.9 Å². The summed E-state index contributed by atoms with van der Waals surface area (Å²) < 4.78 is 5.24. The number of anilines is 1. The van der Waals surface area contributed by atoms with Crippen molar-refractivity contribution in [2.75, 3.05) is 11.9 Å². The number of carbonyl (C=O) groups is 2. The zero-order valence-corrected chi connectivity index (χ0v) is 17.9. The van der Waals surface area contributed by atoms with Crippen molar-refractivity contribution < 1.29 is 14.3 Å². The molecule has 0 saturated carbocycles. The van der Waals surface area contributed by atoms with E-state index in [1.54, 1.807) is 19.1 Å². The average molecular weight is 428 g/mol. The zero-order valence-electron chi connectivity index (χ0n) is 16.3. The quantitative estimate of drug-likeness (QED) is 0.462. The minimum Gasteiger partial charge on any atom is -0.462 e. The van der Waals surface area contributed by atoms with Gasteiger partial charge >= 0.3 is 5.97 Å². The summed E-state index contributed by atoms with van der Waals surface area (Å²) in [5.74, 6) is -0.583. The van der Waals surface area contributed by atoms with Crippen molar-refractivity contribution >= 4 is 39.8 Å². The first-order valence-corrected chi connectivity index (χ1v) is 10.6. The monoisotopic (exact) mass is 427 g/mol. The lowest BCUT2D eigenvalue weighted by Gasteiger charge is -2.09. The van der Waals surface area contributed by atoms with E-state index in [0.717, 1.165) is 22.3 Å². The van der Waals surface area contributed by atoms with Crippen molar-refractivity contribution in [3.63, 3.8) is 0 Å². The maximum atomic E-state index is 12.6. The van der Waals surface area contributed by atoms with E-state index in [2.05, 4.69) is 5.32 Å². The Kier molecular flexibility index (Phi) is 7.07. The number of aryl methyl sites for hydroxylation is 2. The van der Waals surface area contributed by atoms with E-state index in [1.165, 1.54) is 11.3 Å². The normalized spacial score (nSPS) is 10.6. The van der Waals surface area contributed by atoms with Crippen LogP contribution in [0.2, 0.25) is 5.02 Å². The summed E-state index contributed by atoms with van der Waals surface area (Å²) in [6.07, 6.45) is 0.898. The molecule has 3 aromatic rings. The number of carbonyl (C=O) groups excluding carboxylic acids is 2. The van der Waals surface area contributed by atoms with Gasteiger partial charge in [-0.05, 0) is 43.5 Å². The largest absolute Gasteiger partial charge is 0.462 e. The van der Waals surface area contributed by atoms with Gasteiger partial charge in [-0.1, -0.05) is 53.6 Å². The summed E-state index contributed by atoms with van der Waals surface area (Å²) in [5.41, 5.74) is 4.25. The van der Waals surface area contributed by atoms with Crippen molar-refractivity contribution in [3.05, 3.63) is 75.6 Å². The second-order valence-corrected chi connectivity index (χ2v) is 7.93. The van der Waals surface area contributed by atoms with Crippen LogP contribution in [0.5, 0.6) is 0 Å². The highest BCUT2D eigenvalue weighted by molar-refractivity contribution is 7.15. The smallest absolute Gasteiger partial charge is 0.341 e. The molecule has 0 bridgehead atoms. The molecule has 1 amide bonds. The highest BCUT2D eigenvalue weighted by Gasteiger charge is 2.22. The summed E-state index contributed by atoms with van der Waals surface area (Å²) in [7, 11) is 0. The molecule has 0 aliphatic carbocycles. The fourth-order valence-corrected chi connectivity index (χ4v) is 4.00. The van der Waals surface area contributed by atoms with Gasteiger partial charge < -0.3 is 10.1 Å². The molecule has 29 heavy (non-hydrogen) atoms. The van der Waals surface area contributed by atoms with Crippen molar-refractivity contribution in [2.24, 2.45) is 0 Å². The van der Waals surface area contributed by atoms with Crippen LogP contribution < -0.4 is 5.32 Å². The Bertz CT molecular complexity index is 994. The van der Waals surface area contributed by atoms with Crippen molar-refractivity contribution in [3.8, 4) is 11.1 Å². The second kappa shape index (κ2) is 9.72. The molecule has 0 fully saturated rings. The third-order valence-electron chi connectivity index (χ3n) is 4.44. The Balaban J connectivity index is 1.78. The summed E-state index contributed by atoms with van der Waals surface area (Å²) in [6.45, 7) is 4.04. The van der Waals surface area contributed by atoms with E-state index in [1.807, 2.05) is 48.7 Å². The SMILES string of the molecule is CCOC(=O)c1c(-c2ccc(C)cc2)csc1NC(=O)CCc1ccc(Cl)cc1. The third-order valence-corrected chi connectivity index (χ3v) is 5.59. The zero-order chi connectivity index (χ0) is 20.8. The van der Waals surface area contributed by atoms with E-state index < -0.39 is 5.97 Å². The van der Waals surface area contributed by atoms with Crippen LogP contribution in [0.15, 0.2) is 53.9 Å². The molecule has 3 rings (SSSR count). The molecule has 2 aromatic carbocycles. The minimum absolute atomic E-state index is 0.150. The number of hydrogen-bond acceptors (Lipinski definition) is 4. The van der Waals surface area contributed by atoms with Crippen LogP contribution in [0.25, 0.3) is 11.1 Å². The Morgan fingerprint density at radius 2 is 1.76 bits per heavy atom. The predicted molar refractivity (Wildman–Crippen MR) is 119 cm³/mol. The Hall–Kier alpha value is -2.63. The molecule has 6 heteroatoms. The average Bonchev–Trinajstić information content (AvgIpc) is 3.12. The molecule has 0 atom stereocenters. The molecular formula is C23H22ClNO3S. The number of hydrogen-bond donors (Lipinski definition) is 1. The number of amides is 1. The molecule has 150 valence electrons. The second-order valence-electron chi connectivity index (χ2n) is 6.61. The molecule has 1 heterocycles. The highest BCUT2D eigenvalue weighted by atomic mass is 35.5. The lowest BCUT2D eigenvalue weighted by atomic mass is 10.0. The van der Waals surface area contributed by atoms with Crippen LogP contribution in [0.3, 0.4) is 0 Å². The maximum absolute atomic E-state index is 12.6. The third kappa shape index (κ3) is 5.46. The van der Waals surface area contributed by atoms with E-state index in [9.17, 15) is 9.59 Å². The molecule has 0 spiro atoms. The van der Waals surface area contributed by atoms with Gasteiger partial charge in [-0.2, -0.15) is 0 Å². The number of esters is 1. The van der Waals surface area contributed by atoms with Gasteiger partial charge in [0.2, 0.25) is 5.91 Å². The number of halogens is 1. The fraction of sp³-hybridized carbons (Fsp3) is 0.217. The van der Waals surface area contributed by atoms with Crippen LogP contribution in [-0.2, 0) is 16.0 Å². The molecule has 4 nitrogen and oxygen atoms in total. The van der Waals surface area contributed by atoms with Crippen molar-refractivity contribution in [2.45, 2.75) is 26.7 Å². The van der Waals surface area contributed by atoms with Crippen LogP contribution in [0.1, 0.15) is 34.8 Å². The van der Waals surface area contributed by atoms with Gasteiger partial charge in [0.25, 0.3) is 0 Å². The summed E-state index contributed by atoms with van der Waals surface area (Å²) >= 11 is 7.23. The lowest BCUT2D eigenvalue weighted by molar-refractivity contribution is -0.116. The van der Waals surface area contributed by atoms with E-state index in [0.29, 0.717) is 28.4 Å². The van der Waals surface area contributed by atoms with Gasteiger partial charge in [0.1, 0.15) is 10.6 Å². The predicted octanol–water partition coefficient (Wildman–Crippen LogP) is 6.12. The number of ether oxygens (including phenoxy) is 1. The molecule has 0 unspecified atom stereocenters. The fourth-order valence-electron chi connectivity index (χ4n) is 2.90. The summed E-state index contributed by atoms with van der Waals surface area (Å²) in [4.78, 5) is 25.1. The number of rotatable bonds is 7. The summed E-state index contributed by atoms with van der Waals surface area (Å²) in [6, 6.07) is 15.3. The first-order chi connectivity index (χ1) is 14.0. The first kappa shape index (κ1) is 21.1. The van der Waals surface area contributed by atoms with Crippen molar-refractivity contribution in [1.82, 2.24) is 0 Å². The Morgan fingerprint density at radius 1 is 1.07 bits per heavy atom. The lowest BCUT2D eigenvalue weighted by Crippen LogP contribution is -2.15. The van der Waals surface area contributed by atoms with Gasteiger partial charge in [-0.25, -0.2) is 4.79 Å². The molecule has 0 radical (unpaired) electrons. The molecular weight excluding hydrogens is 406 g/mol. The van der Waals surface area contributed by atoms with Crippen LogP contribution in [0.4, 0.5) is 5.00 Å². The maximum Gasteiger partial charge on any atom is 0.341 e. The van der Waals surface area contributed by atoms with Gasteiger partial charge in [0.15, 0.2) is 0 Å². The number of thiophene rings is 1. The standard InChI is InChI=1S/C23H22ClNO3S/c1-3-28-23(27)21-19(17-9-4-15(2)5-10-17)14-29-22(21)25-20(26)13-8-16-6-11-18(24)12-7-16/h4-7,9-12,14H,3,8,13H2,1-2H3,(H,25,26). The Morgan fingerprint density at radius 3 is 2.41 bits per heavy atom. The Labute approximate surface area is 179 Å². The van der Waals surface area contributed by atoms with Gasteiger partial charge in [0.05, 0.1) is 6.61 Å². The topological polar surface area (TPSA) is 55.4 Å². The minimum atomic E-state index is -0.433.